The average molecular weight is 299 g/mol. The molecular weight excluding hydrogens is 278 g/mol. The van der Waals surface area contributed by atoms with Crippen molar-refractivity contribution in [2.75, 3.05) is 44.7 Å². The number of anilines is 1. The van der Waals surface area contributed by atoms with Gasteiger partial charge in [0.2, 0.25) is 0 Å². The van der Waals surface area contributed by atoms with Crippen molar-refractivity contribution in [1.82, 2.24) is 9.88 Å². The van der Waals surface area contributed by atoms with E-state index in [0.717, 1.165) is 48.4 Å². The van der Waals surface area contributed by atoms with Crippen LogP contribution in [-0.4, -0.2) is 60.8 Å². The smallest absolute Gasteiger partial charge is 0.308 e. The molecule has 0 saturated carbocycles. The SMILES string of the molecule is CCN1CCN(c2nc(COC)c(CC(=O)O)s2)CC1. The zero-order valence-corrected chi connectivity index (χ0v) is 12.8. The molecule has 1 aromatic rings. The van der Waals surface area contributed by atoms with Crippen molar-refractivity contribution < 1.29 is 14.6 Å². The van der Waals surface area contributed by atoms with Crippen molar-refractivity contribution in [2.24, 2.45) is 0 Å². The summed E-state index contributed by atoms with van der Waals surface area (Å²) in [6.45, 7) is 7.56. The van der Waals surface area contributed by atoms with Crippen LogP contribution in [0, 0.1) is 0 Å². The lowest BCUT2D eigenvalue weighted by Crippen LogP contribution is -2.46. The fourth-order valence-electron chi connectivity index (χ4n) is 2.29. The summed E-state index contributed by atoms with van der Waals surface area (Å²) in [6, 6.07) is 0. The molecule has 1 aliphatic rings. The van der Waals surface area contributed by atoms with Gasteiger partial charge in [0, 0.05) is 38.2 Å². The Balaban J connectivity index is 2.10. The lowest BCUT2D eigenvalue weighted by Gasteiger charge is -2.33. The Morgan fingerprint density at radius 2 is 2.10 bits per heavy atom. The van der Waals surface area contributed by atoms with Crippen LogP contribution in [0.1, 0.15) is 17.5 Å². The lowest BCUT2D eigenvalue weighted by atomic mass is 10.3. The minimum absolute atomic E-state index is 0.0191. The van der Waals surface area contributed by atoms with Gasteiger partial charge in [0.15, 0.2) is 5.13 Å². The van der Waals surface area contributed by atoms with Crippen molar-refractivity contribution in [3.63, 3.8) is 0 Å². The summed E-state index contributed by atoms with van der Waals surface area (Å²) in [6.07, 6.45) is 0.0191. The second-order valence-electron chi connectivity index (χ2n) is 4.79. The van der Waals surface area contributed by atoms with Gasteiger partial charge in [-0.2, -0.15) is 0 Å². The molecule has 1 aromatic heterocycles. The van der Waals surface area contributed by atoms with Gasteiger partial charge in [-0.25, -0.2) is 4.98 Å². The Hall–Kier alpha value is -1.18. The fourth-order valence-corrected chi connectivity index (χ4v) is 3.39. The van der Waals surface area contributed by atoms with Gasteiger partial charge in [0.25, 0.3) is 0 Å². The summed E-state index contributed by atoms with van der Waals surface area (Å²) in [5.74, 6) is -0.826. The molecule has 0 spiro atoms. The largest absolute Gasteiger partial charge is 0.481 e. The zero-order valence-electron chi connectivity index (χ0n) is 12.0. The third-order valence-electron chi connectivity index (χ3n) is 3.45. The highest BCUT2D eigenvalue weighted by Gasteiger charge is 2.21. The Labute approximate surface area is 123 Å². The molecule has 0 aromatic carbocycles. The van der Waals surface area contributed by atoms with Gasteiger partial charge in [-0.3, -0.25) is 4.79 Å². The first-order chi connectivity index (χ1) is 9.63. The maximum atomic E-state index is 10.9. The molecule has 1 fully saturated rings. The van der Waals surface area contributed by atoms with Gasteiger partial charge in [-0.05, 0) is 6.54 Å². The average Bonchev–Trinajstić information content (AvgIpc) is 2.82. The number of hydrogen-bond donors (Lipinski definition) is 1. The van der Waals surface area contributed by atoms with E-state index in [4.69, 9.17) is 9.84 Å². The topological polar surface area (TPSA) is 65.9 Å². The van der Waals surface area contributed by atoms with E-state index in [2.05, 4.69) is 21.7 Å². The number of thiazole rings is 1. The van der Waals surface area contributed by atoms with Crippen LogP contribution in [0.5, 0.6) is 0 Å². The number of rotatable bonds is 6. The first kappa shape index (κ1) is 15.2. The van der Waals surface area contributed by atoms with Crippen molar-refractivity contribution in [3.8, 4) is 0 Å². The first-order valence-corrected chi connectivity index (χ1v) is 7.62. The number of hydrogen-bond acceptors (Lipinski definition) is 6. The molecule has 1 aliphatic heterocycles. The molecule has 1 N–H and O–H groups in total. The molecule has 6 nitrogen and oxygen atoms in total. The van der Waals surface area contributed by atoms with Gasteiger partial charge < -0.3 is 19.6 Å². The molecule has 0 unspecified atom stereocenters. The monoisotopic (exact) mass is 299 g/mol. The van der Waals surface area contributed by atoms with Gasteiger partial charge in [-0.15, -0.1) is 11.3 Å². The van der Waals surface area contributed by atoms with Crippen LogP contribution in [0.4, 0.5) is 5.13 Å². The standard InChI is InChI=1S/C13H21N3O3S/c1-3-15-4-6-16(7-5-15)13-14-10(9-19-2)11(20-13)8-12(17)18/h3-9H2,1-2H3,(H,17,18). The minimum atomic E-state index is -0.826. The number of aromatic nitrogens is 1. The Bertz CT molecular complexity index is 456. The molecule has 0 aliphatic carbocycles. The molecule has 2 heterocycles. The summed E-state index contributed by atoms with van der Waals surface area (Å²) in [5.41, 5.74) is 0.757. The van der Waals surface area contributed by atoms with Crippen LogP contribution in [0.25, 0.3) is 0 Å². The number of methoxy groups -OCH3 is 1. The Morgan fingerprint density at radius 3 is 2.65 bits per heavy atom. The highest BCUT2D eigenvalue weighted by molar-refractivity contribution is 7.15. The highest BCUT2D eigenvalue weighted by atomic mass is 32.1. The van der Waals surface area contributed by atoms with E-state index in [0.29, 0.717) is 6.61 Å². The van der Waals surface area contributed by atoms with E-state index in [1.807, 2.05) is 0 Å². The summed E-state index contributed by atoms with van der Waals surface area (Å²) in [5, 5.41) is 9.88. The van der Waals surface area contributed by atoms with Gasteiger partial charge in [-0.1, -0.05) is 6.92 Å². The summed E-state index contributed by atoms with van der Waals surface area (Å²) < 4.78 is 5.11. The minimum Gasteiger partial charge on any atom is -0.481 e. The van der Waals surface area contributed by atoms with E-state index in [-0.39, 0.29) is 6.42 Å². The number of ether oxygens (including phenoxy) is 1. The number of carboxylic acid groups (broad SMARTS) is 1. The molecule has 112 valence electrons. The third-order valence-corrected chi connectivity index (χ3v) is 4.61. The van der Waals surface area contributed by atoms with Gasteiger partial charge in [0.1, 0.15) is 0 Å². The molecule has 1 saturated heterocycles. The van der Waals surface area contributed by atoms with Crippen LogP contribution < -0.4 is 4.90 Å². The highest BCUT2D eigenvalue weighted by Crippen LogP contribution is 2.28. The van der Waals surface area contributed by atoms with E-state index < -0.39 is 5.97 Å². The number of aliphatic carboxylic acids is 1. The van der Waals surface area contributed by atoms with E-state index in [1.54, 1.807) is 7.11 Å². The number of likely N-dealkylation sites (N-methyl/N-ethyl adjacent to an activating group) is 1. The Kier molecular flexibility index (Phi) is 5.33. The second kappa shape index (κ2) is 7.01. The fraction of sp³-hybridized carbons (Fsp3) is 0.692. The van der Waals surface area contributed by atoms with Crippen LogP contribution in [0.3, 0.4) is 0 Å². The Morgan fingerprint density at radius 1 is 1.40 bits per heavy atom. The van der Waals surface area contributed by atoms with Crippen LogP contribution >= 0.6 is 11.3 Å². The van der Waals surface area contributed by atoms with Crippen LogP contribution in [-0.2, 0) is 22.6 Å². The maximum absolute atomic E-state index is 10.9. The lowest BCUT2D eigenvalue weighted by molar-refractivity contribution is -0.136. The maximum Gasteiger partial charge on any atom is 0.308 e. The summed E-state index contributed by atoms with van der Waals surface area (Å²) in [4.78, 5) is 20.9. The second-order valence-corrected chi connectivity index (χ2v) is 5.85. The predicted molar refractivity (Wildman–Crippen MR) is 78.5 cm³/mol. The number of carboxylic acids is 1. The molecule has 0 bridgehead atoms. The van der Waals surface area contributed by atoms with Crippen LogP contribution in [0.2, 0.25) is 0 Å². The van der Waals surface area contributed by atoms with Crippen molar-refractivity contribution in [2.45, 2.75) is 20.0 Å². The number of nitrogens with zero attached hydrogens (tertiary/aromatic N) is 3. The molecule has 7 heteroatoms. The molecule has 0 atom stereocenters. The molecule has 2 rings (SSSR count). The summed E-state index contributed by atoms with van der Waals surface area (Å²) in [7, 11) is 1.60. The van der Waals surface area contributed by atoms with Crippen molar-refractivity contribution in [1.29, 1.82) is 0 Å². The van der Waals surface area contributed by atoms with Crippen molar-refractivity contribution in [3.05, 3.63) is 10.6 Å². The molecular formula is C13H21N3O3S. The zero-order chi connectivity index (χ0) is 14.5. The normalized spacial score (nSPS) is 16.6. The first-order valence-electron chi connectivity index (χ1n) is 6.80. The molecule has 20 heavy (non-hydrogen) atoms. The van der Waals surface area contributed by atoms with E-state index >= 15 is 0 Å². The van der Waals surface area contributed by atoms with E-state index in [9.17, 15) is 4.79 Å². The van der Waals surface area contributed by atoms with Gasteiger partial charge in [0.05, 0.1) is 18.7 Å². The number of carbonyl (C=O) groups is 1. The summed E-state index contributed by atoms with van der Waals surface area (Å²) >= 11 is 1.48. The third kappa shape index (κ3) is 3.68. The quantitative estimate of drug-likeness (QED) is 0.847. The number of piperazine rings is 1. The predicted octanol–water partition coefficient (Wildman–Crippen LogP) is 1.06. The van der Waals surface area contributed by atoms with E-state index in [1.165, 1.54) is 11.3 Å². The molecule has 0 amide bonds. The molecule has 0 radical (unpaired) electrons. The van der Waals surface area contributed by atoms with Crippen molar-refractivity contribution >= 4 is 22.4 Å². The van der Waals surface area contributed by atoms with Crippen LogP contribution in [0.15, 0.2) is 0 Å². The van der Waals surface area contributed by atoms with Gasteiger partial charge >= 0.3 is 5.97 Å².